The maximum absolute atomic E-state index is 12.7. The van der Waals surface area contributed by atoms with E-state index in [1.807, 2.05) is 27.7 Å². The van der Waals surface area contributed by atoms with Gasteiger partial charge in [-0.3, -0.25) is 19.2 Å². The van der Waals surface area contributed by atoms with Gasteiger partial charge in [-0.1, -0.05) is 48.5 Å². The second-order valence-electron chi connectivity index (χ2n) is 8.94. The molecule has 0 saturated carbocycles. The molecule has 0 saturated heterocycles. The van der Waals surface area contributed by atoms with Gasteiger partial charge in [-0.05, 0) is 31.7 Å². The molecule has 0 aromatic rings. The summed E-state index contributed by atoms with van der Waals surface area (Å²) in [6, 6.07) is -1.60. The normalized spacial score (nSPS) is 11.7. The molecule has 0 aliphatic rings. The molecule has 4 amide bonds. The Morgan fingerprint density at radius 1 is 0.714 bits per heavy atom. The van der Waals surface area contributed by atoms with Gasteiger partial charge in [0.2, 0.25) is 23.6 Å². The smallest absolute Gasteiger partial charge is 0.243 e. The number of rotatable bonds is 25. The van der Waals surface area contributed by atoms with Crippen molar-refractivity contribution in [2.45, 2.75) is 92.7 Å². The number of amides is 4. The van der Waals surface area contributed by atoms with E-state index < -0.39 is 23.9 Å². The van der Waals surface area contributed by atoms with Gasteiger partial charge in [0, 0.05) is 19.4 Å². The van der Waals surface area contributed by atoms with Crippen LogP contribution in [0.1, 0.15) is 80.6 Å². The molecule has 0 aromatic carbocycles. The van der Waals surface area contributed by atoms with Gasteiger partial charge in [0.1, 0.15) is 12.1 Å². The van der Waals surface area contributed by atoms with Crippen LogP contribution in [0.25, 0.3) is 0 Å². The van der Waals surface area contributed by atoms with Crippen molar-refractivity contribution in [3.63, 3.8) is 0 Å². The van der Waals surface area contributed by atoms with Crippen LogP contribution in [-0.4, -0.2) is 102 Å². The average Bonchev–Trinajstić information content (AvgIpc) is 2.98. The fourth-order valence-electron chi connectivity index (χ4n) is 3.13. The Morgan fingerprint density at radius 3 is 1.67 bits per heavy atom. The van der Waals surface area contributed by atoms with Crippen LogP contribution in [0.3, 0.4) is 0 Å². The Bertz CT molecular complexity index is 668. The minimum Gasteiger partial charge on any atom is -0.379 e. The maximum Gasteiger partial charge on any atom is 0.243 e. The minimum absolute atomic E-state index is 0.000105. The van der Waals surface area contributed by atoms with E-state index in [1.54, 1.807) is 20.8 Å². The van der Waals surface area contributed by atoms with Gasteiger partial charge >= 0.3 is 0 Å². The minimum atomic E-state index is -0.805. The highest BCUT2D eigenvalue weighted by atomic mass is 16.6. The highest BCUT2D eigenvalue weighted by Gasteiger charge is 2.27. The molecule has 0 spiro atoms. The van der Waals surface area contributed by atoms with E-state index in [0.29, 0.717) is 78.6 Å². The number of ether oxygens (including phenoxy) is 4. The number of carbonyl (C=O) groups excluding carboxylic acids is 4. The molecule has 2 unspecified atom stereocenters. The number of nitrogens with one attached hydrogen (secondary N) is 3. The van der Waals surface area contributed by atoms with E-state index >= 15 is 0 Å². The molecule has 0 aliphatic heterocycles. The molecule has 0 heterocycles. The standard InChI is InChI=1S/C25H49N5O8.2C2H6/c1-4-21(31)28-10-12-36-14-16-38-18-17-37-15-13-35-11-8-22(32)30-23(19(2)3)25(34)29-20(24(27)33)7-5-6-9-26;2*1-2/h19-20,23H,4-18,26H2,1-3H3,(H2,27,33)(H,28,31)(H,29,34)(H,30,32);2*1-2H3. The molecule has 0 aromatic heterocycles. The molecule has 42 heavy (non-hydrogen) atoms. The Balaban J connectivity index is -0.00000363. The van der Waals surface area contributed by atoms with Crippen LogP contribution in [-0.2, 0) is 38.1 Å². The van der Waals surface area contributed by atoms with E-state index in [2.05, 4.69) is 16.0 Å². The van der Waals surface area contributed by atoms with Crippen LogP contribution < -0.4 is 27.4 Å². The van der Waals surface area contributed by atoms with E-state index in [-0.39, 0.29) is 30.8 Å². The fourth-order valence-corrected chi connectivity index (χ4v) is 3.13. The first-order chi connectivity index (χ1) is 20.2. The zero-order valence-electron chi connectivity index (χ0n) is 27.3. The van der Waals surface area contributed by atoms with Gasteiger partial charge in [-0.2, -0.15) is 0 Å². The lowest BCUT2D eigenvalue weighted by molar-refractivity contribution is -0.132. The summed E-state index contributed by atoms with van der Waals surface area (Å²) in [4.78, 5) is 47.7. The lowest BCUT2D eigenvalue weighted by Crippen LogP contribution is -2.54. The Hall–Kier alpha value is -2.32. The number of nitrogens with two attached hydrogens (primary N) is 2. The molecule has 0 fully saturated rings. The average molecular weight is 608 g/mol. The molecule has 13 nitrogen and oxygen atoms in total. The highest BCUT2D eigenvalue weighted by Crippen LogP contribution is 2.06. The van der Waals surface area contributed by atoms with Crippen LogP contribution in [0.15, 0.2) is 0 Å². The Labute approximate surface area is 253 Å². The van der Waals surface area contributed by atoms with Crippen LogP contribution >= 0.6 is 0 Å². The molecule has 0 radical (unpaired) electrons. The monoisotopic (exact) mass is 607 g/mol. The topological polar surface area (TPSA) is 193 Å². The summed E-state index contributed by atoms with van der Waals surface area (Å²) in [6.07, 6.45) is 2.32. The van der Waals surface area contributed by atoms with Crippen molar-refractivity contribution in [1.29, 1.82) is 0 Å². The summed E-state index contributed by atoms with van der Waals surface area (Å²) >= 11 is 0. The molecule has 2 atom stereocenters. The second-order valence-corrected chi connectivity index (χ2v) is 8.94. The molecule has 7 N–H and O–H groups in total. The quantitative estimate of drug-likeness (QED) is 0.0950. The number of hydrogen-bond acceptors (Lipinski definition) is 9. The molecular weight excluding hydrogens is 546 g/mol. The summed E-state index contributed by atoms with van der Waals surface area (Å²) in [7, 11) is 0. The van der Waals surface area contributed by atoms with E-state index in [4.69, 9.17) is 30.4 Å². The molecule has 0 aliphatic carbocycles. The summed E-state index contributed by atoms with van der Waals surface area (Å²) in [5.41, 5.74) is 10.9. The third-order valence-electron chi connectivity index (χ3n) is 5.35. The van der Waals surface area contributed by atoms with Gasteiger partial charge in [-0.15, -0.1) is 0 Å². The van der Waals surface area contributed by atoms with Gasteiger partial charge in [0.15, 0.2) is 0 Å². The van der Waals surface area contributed by atoms with Crippen LogP contribution in [0, 0.1) is 5.92 Å². The van der Waals surface area contributed by atoms with Gasteiger partial charge in [0.05, 0.1) is 52.9 Å². The Kier molecular flexibility index (Phi) is 34.9. The first kappa shape index (κ1) is 44.1. The molecule has 250 valence electrons. The number of hydrogen-bond donors (Lipinski definition) is 5. The van der Waals surface area contributed by atoms with E-state index in [1.165, 1.54) is 0 Å². The lowest BCUT2D eigenvalue weighted by Gasteiger charge is -2.24. The van der Waals surface area contributed by atoms with Gasteiger partial charge in [0.25, 0.3) is 0 Å². The van der Waals surface area contributed by atoms with Crippen LogP contribution in [0.2, 0.25) is 0 Å². The maximum atomic E-state index is 12.7. The van der Waals surface area contributed by atoms with Crippen molar-refractivity contribution in [2.24, 2.45) is 17.4 Å². The van der Waals surface area contributed by atoms with Crippen molar-refractivity contribution in [2.75, 3.05) is 65.9 Å². The van der Waals surface area contributed by atoms with Crippen molar-refractivity contribution in [3.8, 4) is 0 Å². The second kappa shape index (κ2) is 33.2. The van der Waals surface area contributed by atoms with Crippen molar-refractivity contribution < 1.29 is 38.1 Å². The molecule has 0 bridgehead atoms. The summed E-state index contributed by atoms with van der Waals surface area (Å²) in [6.45, 7) is 17.4. The summed E-state index contributed by atoms with van der Waals surface area (Å²) < 4.78 is 21.5. The largest absolute Gasteiger partial charge is 0.379 e. The molecule has 0 rings (SSSR count). The zero-order chi connectivity index (χ0) is 32.6. The van der Waals surface area contributed by atoms with Gasteiger partial charge in [-0.25, -0.2) is 0 Å². The first-order valence-corrected chi connectivity index (χ1v) is 15.4. The SMILES string of the molecule is CC.CC.CCC(=O)NCCOCCOCCOCCOCCC(=O)NC(C(=O)NC(CCCCN)C(N)=O)C(C)C. The Morgan fingerprint density at radius 2 is 1.21 bits per heavy atom. The first-order valence-electron chi connectivity index (χ1n) is 15.4. The predicted molar refractivity (Wildman–Crippen MR) is 165 cm³/mol. The van der Waals surface area contributed by atoms with Crippen molar-refractivity contribution in [3.05, 3.63) is 0 Å². The van der Waals surface area contributed by atoms with Gasteiger partial charge < -0.3 is 46.4 Å². The third kappa shape index (κ3) is 27.8. The van der Waals surface area contributed by atoms with E-state index in [9.17, 15) is 19.2 Å². The van der Waals surface area contributed by atoms with Crippen LogP contribution in [0.5, 0.6) is 0 Å². The molecular formula is C29H61N5O8. The highest BCUT2D eigenvalue weighted by molar-refractivity contribution is 5.91. The fraction of sp³-hybridized carbons (Fsp3) is 0.862. The van der Waals surface area contributed by atoms with Crippen molar-refractivity contribution in [1.82, 2.24) is 16.0 Å². The van der Waals surface area contributed by atoms with Crippen molar-refractivity contribution >= 4 is 23.6 Å². The molecule has 13 heteroatoms. The zero-order valence-corrected chi connectivity index (χ0v) is 27.3. The number of primary amides is 1. The number of carbonyl (C=O) groups is 4. The number of unbranched alkanes of at least 4 members (excludes halogenated alkanes) is 1. The third-order valence-corrected chi connectivity index (χ3v) is 5.35. The predicted octanol–water partition coefficient (Wildman–Crippen LogP) is 1.26. The summed E-state index contributed by atoms with van der Waals surface area (Å²) in [5.74, 6) is -1.59. The summed E-state index contributed by atoms with van der Waals surface area (Å²) in [5, 5.41) is 8.06. The lowest BCUT2D eigenvalue weighted by atomic mass is 10.0. The van der Waals surface area contributed by atoms with Crippen LogP contribution in [0.4, 0.5) is 0 Å². The van der Waals surface area contributed by atoms with E-state index in [0.717, 1.165) is 6.42 Å².